The number of hydrogen-bond acceptors (Lipinski definition) is 3. The first-order valence-electron chi connectivity index (χ1n) is 9.34. The molecule has 0 saturated carbocycles. The number of likely N-dealkylation sites (tertiary alicyclic amines) is 2. The molecule has 4 heteroatoms. The summed E-state index contributed by atoms with van der Waals surface area (Å²) in [5.41, 5.74) is 0. The topological polar surface area (TPSA) is 35.6 Å². The second kappa shape index (κ2) is 7.31. The average molecular weight is 307 g/mol. The van der Waals surface area contributed by atoms with E-state index in [2.05, 4.69) is 29.1 Å². The lowest BCUT2D eigenvalue weighted by Gasteiger charge is -2.46. The van der Waals surface area contributed by atoms with Gasteiger partial charge in [0.2, 0.25) is 5.91 Å². The average Bonchev–Trinajstić information content (AvgIpc) is 2.55. The SMILES string of the molecule is CC(CC(=O)N1CCC2C(CCCN2C)C1)C1CCCNC1. The normalized spacial score (nSPS) is 35.0. The van der Waals surface area contributed by atoms with Crippen molar-refractivity contribution in [3.63, 3.8) is 0 Å². The van der Waals surface area contributed by atoms with E-state index >= 15 is 0 Å². The number of nitrogens with one attached hydrogen (secondary N) is 1. The molecule has 22 heavy (non-hydrogen) atoms. The van der Waals surface area contributed by atoms with Crippen molar-refractivity contribution < 1.29 is 4.79 Å². The van der Waals surface area contributed by atoms with Crippen LogP contribution in [0.1, 0.15) is 45.4 Å². The van der Waals surface area contributed by atoms with Gasteiger partial charge in [-0.2, -0.15) is 0 Å². The summed E-state index contributed by atoms with van der Waals surface area (Å²) in [4.78, 5) is 17.4. The Hall–Kier alpha value is -0.610. The van der Waals surface area contributed by atoms with Crippen molar-refractivity contribution in [2.24, 2.45) is 17.8 Å². The van der Waals surface area contributed by atoms with Gasteiger partial charge in [0.15, 0.2) is 0 Å². The highest BCUT2D eigenvalue weighted by molar-refractivity contribution is 5.76. The Labute approximate surface area is 135 Å². The monoisotopic (exact) mass is 307 g/mol. The molecule has 4 unspecified atom stereocenters. The Bertz CT molecular complexity index is 381. The minimum absolute atomic E-state index is 0.407. The predicted molar refractivity (Wildman–Crippen MR) is 89.7 cm³/mol. The highest BCUT2D eigenvalue weighted by atomic mass is 16.2. The van der Waals surface area contributed by atoms with Crippen LogP contribution >= 0.6 is 0 Å². The molecular formula is C18H33N3O. The van der Waals surface area contributed by atoms with E-state index in [0.717, 1.165) is 38.6 Å². The van der Waals surface area contributed by atoms with Gasteiger partial charge in [-0.05, 0) is 76.5 Å². The Morgan fingerprint density at radius 2 is 2.09 bits per heavy atom. The van der Waals surface area contributed by atoms with Gasteiger partial charge in [0.25, 0.3) is 0 Å². The van der Waals surface area contributed by atoms with E-state index < -0.39 is 0 Å². The van der Waals surface area contributed by atoms with Crippen molar-refractivity contribution in [1.82, 2.24) is 15.1 Å². The van der Waals surface area contributed by atoms with Crippen LogP contribution in [0.15, 0.2) is 0 Å². The van der Waals surface area contributed by atoms with Gasteiger partial charge in [-0.25, -0.2) is 0 Å². The van der Waals surface area contributed by atoms with Crippen LogP contribution in [-0.4, -0.2) is 61.5 Å². The lowest BCUT2D eigenvalue weighted by Crippen LogP contribution is -2.54. The molecule has 3 aliphatic heterocycles. The summed E-state index contributed by atoms with van der Waals surface area (Å²) < 4.78 is 0. The first-order chi connectivity index (χ1) is 10.6. The number of carbonyl (C=O) groups excluding carboxylic acids is 1. The first-order valence-corrected chi connectivity index (χ1v) is 9.34. The lowest BCUT2D eigenvalue weighted by atomic mass is 9.83. The summed E-state index contributed by atoms with van der Waals surface area (Å²) in [6.07, 6.45) is 7.08. The largest absolute Gasteiger partial charge is 0.342 e. The molecule has 3 rings (SSSR count). The van der Waals surface area contributed by atoms with Crippen LogP contribution in [-0.2, 0) is 4.79 Å². The number of carbonyl (C=O) groups is 1. The molecule has 0 aliphatic carbocycles. The summed E-state index contributed by atoms with van der Waals surface area (Å²) in [7, 11) is 2.26. The van der Waals surface area contributed by atoms with Crippen LogP contribution in [0.4, 0.5) is 0 Å². The zero-order chi connectivity index (χ0) is 15.5. The minimum atomic E-state index is 0.407. The number of fused-ring (bicyclic) bond motifs is 1. The van der Waals surface area contributed by atoms with Crippen LogP contribution in [0.5, 0.6) is 0 Å². The molecular weight excluding hydrogens is 274 g/mol. The summed E-state index contributed by atoms with van der Waals surface area (Å²) in [5.74, 6) is 2.33. The summed E-state index contributed by atoms with van der Waals surface area (Å²) >= 11 is 0. The third-order valence-corrected chi connectivity index (χ3v) is 6.33. The lowest BCUT2D eigenvalue weighted by molar-refractivity contribution is -0.136. The molecule has 0 spiro atoms. The van der Waals surface area contributed by atoms with E-state index in [-0.39, 0.29) is 0 Å². The van der Waals surface area contributed by atoms with Gasteiger partial charge >= 0.3 is 0 Å². The smallest absolute Gasteiger partial charge is 0.222 e. The van der Waals surface area contributed by atoms with Crippen LogP contribution in [0, 0.1) is 17.8 Å². The van der Waals surface area contributed by atoms with Gasteiger partial charge in [-0.1, -0.05) is 6.92 Å². The molecule has 1 amide bonds. The number of nitrogens with zero attached hydrogens (tertiary/aromatic N) is 2. The van der Waals surface area contributed by atoms with Crippen molar-refractivity contribution >= 4 is 5.91 Å². The van der Waals surface area contributed by atoms with E-state index in [0.29, 0.717) is 23.7 Å². The van der Waals surface area contributed by atoms with Gasteiger partial charge in [-0.3, -0.25) is 4.79 Å². The van der Waals surface area contributed by atoms with Crippen molar-refractivity contribution in [2.45, 2.75) is 51.5 Å². The highest BCUT2D eigenvalue weighted by Crippen LogP contribution is 2.31. The number of hydrogen-bond donors (Lipinski definition) is 1. The predicted octanol–water partition coefficient (Wildman–Crippen LogP) is 1.95. The van der Waals surface area contributed by atoms with Crippen molar-refractivity contribution in [2.75, 3.05) is 39.8 Å². The maximum atomic E-state index is 12.7. The van der Waals surface area contributed by atoms with Crippen molar-refractivity contribution in [3.8, 4) is 0 Å². The third kappa shape index (κ3) is 3.65. The van der Waals surface area contributed by atoms with Gasteiger partial charge in [0, 0.05) is 25.6 Å². The molecule has 4 nitrogen and oxygen atoms in total. The van der Waals surface area contributed by atoms with Gasteiger partial charge in [0.1, 0.15) is 0 Å². The Balaban J connectivity index is 1.50. The number of piperidine rings is 3. The quantitative estimate of drug-likeness (QED) is 0.866. The summed E-state index contributed by atoms with van der Waals surface area (Å²) in [6.45, 7) is 7.74. The molecule has 4 atom stereocenters. The fraction of sp³-hybridized carbons (Fsp3) is 0.944. The van der Waals surface area contributed by atoms with Crippen LogP contribution < -0.4 is 5.32 Å². The molecule has 0 radical (unpaired) electrons. The minimum Gasteiger partial charge on any atom is -0.342 e. The highest BCUT2D eigenvalue weighted by Gasteiger charge is 2.36. The zero-order valence-electron chi connectivity index (χ0n) is 14.4. The van der Waals surface area contributed by atoms with Gasteiger partial charge in [-0.15, -0.1) is 0 Å². The third-order valence-electron chi connectivity index (χ3n) is 6.33. The van der Waals surface area contributed by atoms with E-state index in [1.54, 1.807) is 0 Å². The molecule has 3 heterocycles. The molecule has 3 aliphatic rings. The fourth-order valence-corrected chi connectivity index (χ4v) is 4.81. The second-order valence-electron chi connectivity index (χ2n) is 7.87. The Morgan fingerprint density at radius 3 is 2.86 bits per heavy atom. The molecule has 126 valence electrons. The Morgan fingerprint density at radius 1 is 1.23 bits per heavy atom. The molecule has 0 aromatic heterocycles. The molecule has 0 bridgehead atoms. The zero-order valence-corrected chi connectivity index (χ0v) is 14.4. The van der Waals surface area contributed by atoms with Crippen molar-refractivity contribution in [1.29, 1.82) is 0 Å². The standard InChI is InChI=1S/C18H33N3O/c1-14(15-5-3-8-19-12-15)11-18(22)21-10-7-17-16(13-21)6-4-9-20(17)2/h14-17,19H,3-13H2,1-2H3. The molecule has 3 saturated heterocycles. The van der Waals surface area contributed by atoms with E-state index in [1.807, 2.05) is 0 Å². The first kappa shape index (κ1) is 16.3. The van der Waals surface area contributed by atoms with Crippen LogP contribution in [0.25, 0.3) is 0 Å². The molecule has 0 aromatic carbocycles. The maximum absolute atomic E-state index is 12.7. The van der Waals surface area contributed by atoms with Crippen LogP contribution in [0.2, 0.25) is 0 Å². The second-order valence-corrected chi connectivity index (χ2v) is 7.87. The maximum Gasteiger partial charge on any atom is 0.222 e. The van der Waals surface area contributed by atoms with E-state index in [1.165, 1.54) is 38.6 Å². The van der Waals surface area contributed by atoms with Crippen LogP contribution in [0.3, 0.4) is 0 Å². The molecule has 1 N–H and O–H groups in total. The molecule has 0 aromatic rings. The van der Waals surface area contributed by atoms with Gasteiger partial charge < -0.3 is 15.1 Å². The summed E-state index contributed by atoms with van der Waals surface area (Å²) in [6, 6.07) is 0.720. The fourth-order valence-electron chi connectivity index (χ4n) is 4.81. The van der Waals surface area contributed by atoms with E-state index in [4.69, 9.17) is 0 Å². The number of rotatable bonds is 3. The van der Waals surface area contributed by atoms with Crippen molar-refractivity contribution in [3.05, 3.63) is 0 Å². The summed E-state index contributed by atoms with van der Waals surface area (Å²) in [5, 5.41) is 3.48. The molecule has 3 fully saturated rings. The van der Waals surface area contributed by atoms with Gasteiger partial charge in [0.05, 0.1) is 0 Å². The Kier molecular flexibility index (Phi) is 5.40. The van der Waals surface area contributed by atoms with E-state index in [9.17, 15) is 4.79 Å². The number of amides is 1.